The van der Waals surface area contributed by atoms with E-state index in [1.54, 1.807) is 19.1 Å². The minimum atomic E-state index is -4.60. The van der Waals surface area contributed by atoms with E-state index in [2.05, 4.69) is 4.74 Å². The number of hydrogen-bond donors (Lipinski definition) is 1. The van der Waals surface area contributed by atoms with Gasteiger partial charge in [0, 0.05) is 38.3 Å². The van der Waals surface area contributed by atoms with E-state index in [1.807, 2.05) is 4.90 Å². The van der Waals surface area contributed by atoms with Gasteiger partial charge in [-0.15, -0.1) is 0 Å². The summed E-state index contributed by atoms with van der Waals surface area (Å²) in [6, 6.07) is 3.57. The Morgan fingerprint density at radius 2 is 1.86 bits per heavy atom. The maximum Gasteiger partial charge on any atom is 0.425 e. The third kappa shape index (κ3) is 6.40. The van der Waals surface area contributed by atoms with Crippen LogP contribution < -0.4 is 4.74 Å². The van der Waals surface area contributed by atoms with Gasteiger partial charge in [0.15, 0.2) is 12.7 Å². The summed E-state index contributed by atoms with van der Waals surface area (Å²) in [5, 5.41) is 9.17. The minimum absolute atomic E-state index is 0.203. The highest BCUT2D eigenvalue weighted by Crippen LogP contribution is 2.33. The molecule has 0 radical (unpaired) electrons. The Morgan fingerprint density at radius 3 is 2.41 bits per heavy atom. The van der Waals surface area contributed by atoms with Crippen molar-refractivity contribution >= 4 is 23.7 Å². The fourth-order valence-electron chi connectivity index (χ4n) is 2.73. The molecule has 0 aliphatic carbocycles. The third-order valence-electron chi connectivity index (χ3n) is 4.47. The van der Waals surface area contributed by atoms with Crippen molar-refractivity contribution in [2.45, 2.75) is 32.7 Å². The molecule has 1 aliphatic heterocycles. The maximum atomic E-state index is 12.5. The lowest BCUT2D eigenvalue weighted by atomic mass is 10.1. The molecule has 1 aromatic rings. The minimum Gasteiger partial charge on any atom is -0.480 e. The summed E-state index contributed by atoms with van der Waals surface area (Å²) >= 11 is 6.25. The number of hydrogen-bond acceptors (Lipinski definition) is 5. The summed E-state index contributed by atoms with van der Waals surface area (Å²) in [4.78, 5) is 25.9. The second-order valence-electron chi connectivity index (χ2n) is 6.70. The predicted molar refractivity (Wildman–Crippen MR) is 98.2 cm³/mol. The number of aryl methyl sites for hydroxylation is 1. The van der Waals surface area contributed by atoms with Crippen molar-refractivity contribution in [1.82, 2.24) is 9.80 Å². The first-order valence-corrected chi connectivity index (χ1v) is 9.24. The Bertz CT molecular complexity index is 752. The Labute approximate surface area is 170 Å². The molecule has 1 saturated heterocycles. The second kappa shape index (κ2) is 9.53. The highest BCUT2D eigenvalue weighted by molar-refractivity contribution is 6.33. The summed E-state index contributed by atoms with van der Waals surface area (Å²) < 4.78 is 47.4. The van der Waals surface area contributed by atoms with Crippen molar-refractivity contribution < 1.29 is 37.3 Å². The Hall–Kier alpha value is -2.20. The largest absolute Gasteiger partial charge is 0.480 e. The van der Waals surface area contributed by atoms with E-state index in [0.717, 1.165) is 12.5 Å². The Balaban J connectivity index is 1.96. The molecular weight excluding hydrogens is 417 g/mol. The maximum absolute atomic E-state index is 12.5. The van der Waals surface area contributed by atoms with Gasteiger partial charge in [-0.2, -0.15) is 13.2 Å². The molecule has 1 heterocycles. The zero-order valence-corrected chi connectivity index (χ0v) is 16.7. The number of piperazine rings is 1. The number of amides is 1. The average Bonchev–Trinajstić information content (AvgIpc) is 2.64. The van der Waals surface area contributed by atoms with Gasteiger partial charge in [-0.3, -0.25) is 4.90 Å². The lowest BCUT2D eigenvalue weighted by molar-refractivity contribution is -0.200. The van der Waals surface area contributed by atoms with Crippen molar-refractivity contribution in [3.05, 3.63) is 28.3 Å². The van der Waals surface area contributed by atoms with Crippen LogP contribution in [0, 0.1) is 6.92 Å². The van der Waals surface area contributed by atoms with Crippen LogP contribution in [0.3, 0.4) is 0 Å². The van der Waals surface area contributed by atoms with Crippen LogP contribution in [0.5, 0.6) is 5.75 Å². The highest BCUT2D eigenvalue weighted by Gasteiger charge is 2.40. The monoisotopic (exact) mass is 438 g/mol. The molecule has 0 bridgehead atoms. The van der Waals surface area contributed by atoms with Crippen LogP contribution >= 0.6 is 11.6 Å². The number of ether oxygens (including phenoxy) is 2. The van der Waals surface area contributed by atoms with Crippen molar-refractivity contribution in [2.75, 3.05) is 32.8 Å². The summed E-state index contributed by atoms with van der Waals surface area (Å²) in [7, 11) is 0. The smallest absolute Gasteiger partial charge is 0.425 e. The summed E-state index contributed by atoms with van der Waals surface area (Å²) in [5.41, 5.74) is 1.42. The molecule has 1 N–H and O–H groups in total. The molecular formula is C18H22ClF3N2O5. The number of carboxylic acid groups (broad SMARTS) is 1. The van der Waals surface area contributed by atoms with E-state index < -0.39 is 30.9 Å². The number of carboxylic acids is 1. The SMILES string of the molecule is Cc1ccc(CN2CCN(C(=O)OC(C)C(F)(F)F)CC2)c(OCC(=O)O)c1Cl. The predicted octanol–water partition coefficient (Wildman–Crippen LogP) is 3.32. The molecule has 1 atom stereocenters. The highest BCUT2D eigenvalue weighted by atomic mass is 35.5. The topological polar surface area (TPSA) is 79.3 Å². The molecule has 0 aromatic heterocycles. The van der Waals surface area contributed by atoms with Crippen LogP contribution in [0.25, 0.3) is 0 Å². The molecule has 0 spiro atoms. The molecule has 1 fully saturated rings. The lowest BCUT2D eigenvalue weighted by Gasteiger charge is -2.35. The quantitative estimate of drug-likeness (QED) is 0.734. The van der Waals surface area contributed by atoms with Gasteiger partial charge in [0.2, 0.25) is 0 Å². The number of carbonyl (C=O) groups is 2. The zero-order chi connectivity index (χ0) is 21.8. The number of rotatable bonds is 6. The van der Waals surface area contributed by atoms with Gasteiger partial charge in [-0.05, 0) is 19.4 Å². The Morgan fingerprint density at radius 1 is 1.24 bits per heavy atom. The molecule has 162 valence electrons. The molecule has 1 aliphatic rings. The van der Waals surface area contributed by atoms with Gasteiger partial charge in [0.05, 0.1) is 5.02 Å². The molecule has 0 saturated carbocycles. The van der Waals surface area contributed by atoms with E-state index in [-0.39, 0.29) is 18.8 Å². The summed E-state index contributed by atoms with van der Waals surface area (Å²) in [6.07, 6.45) is -7.77. The normalized spacial score (nSPS) is 16.4. The number of halogens is 4. The van der Waals surface area contributed by atoms with E-state index >= 15 is 0 Å². The van der Waals surface area contributed by atoms with Crippen LogP contribution in [0.4, 0.5) is 18.0 Å². The van der Waals surface area contributed by atoms with Gasteiger partial charge in [0.25, 0.3) is 0 Å². The van der Waals surface area contributed by atoms with Crippen molar-refractivity contribution in [3.8, 4) is 5.75 Å². The van der Waals surface area contributed by atoms with Gasteiger partial charge in [0.1, 0.15) is 5.75 Å². The van der Waals surface area contributed by atoms with Crippen LogP contribution in [0.1, 0.15) is 18.1 Å². The lowest BCUT2D eigenvalue weighted by Crippen LogP contribution is -2.49. The van der Waals surface area contributed by atoms with Gasteiger partial charge < -0.3 is 19.5 Å². The number of carbonyl (C=O) groups excluding carboxylic acids is 1. The molecule has 2 rings (SSSR count). The Kier molecular flexibility index (Phi) is 7.59. The molecule has 11 heteroatoms. The summed E-state index contributed by atoms with van der Waals surface area (Å²) in [6.45, 7) is 3.62. The van der Waals surface area contributed by atoms with E-state index in [1.165, 1.54) is 4.90 Å². The number of benzene rings is 1. The standard InChI is InChI=1S/C18H22ClF3N2O5/c1-11-3-4-13(16(15(11)19)28-10-14(25)26)9-23-5-7-24(8-6-23)17(27)29-12(2)18(20,21)22/h3-4,12H,5-10H2,1-2H3,(H,25,26). The second-order valence-corrected chi connectivity index (χ2v) is 7.08. The number of nitrogens with zero attached hydrogens (tertiary/aromatic N) is 2. The van der Waals surface area contributed by atoms with Crippen LogP contribution in [0.15, 0.2) is 12.1 Å². The van der Waals surface area contributed by atoms with Crippen molar-refractivity contribution in [2.24, 2.45) is 0 Å². The van der Waals surface area contributed by atoms with E-state index in [0.29, 0.717) is 30.2 Å². The van der Waals surface area contributed by atoms with Crippen molar-refractivity contribution in [3.63, 3.8) is 0 Å². The van der Waals surface area contributed by atoms with Gasteiger partial charge in [-0.1, -0.05) is 23.7 Å². The molecule has 1 unspecified atom stereocenters. The first-order valence-electron chi connectivity index (χ1n) is 8.86. The number of aliphatic carboxylic acids is 1. The first-order chi connectivity index (χ1) is 13.5. The fourth-order valence-corrected chi connectivity index (χ4v) is 2.97. The van der Waals surface area contributed by atoms with Crippen molar-refractivity contribution in [1.29, 1.82) is 0 Å². The molecule has 7 nitrogen and oxygen atoms in total. The molecule has 1 aromatic carbocycles. The van der Waals surface area contributed by atoms with Gasteiger partial charge >= 0.3 is 18.2 Å². The van der Waals surface area contributed by atoms with Gasteiger partial charge in [-0.25, -0.2) is 9.59 Å². The van der Waals surface area contributed by atoms with E-state index in [9.17, 15) is 22.8 Å². The van der Waals surface area contributed by atoms with Crippen LogP contribution in [-0.2, 0) is 16.1 Å². The third-order valence-corrected chi connectivity index (χ3v) is 4.94. The fraction of sp³-hybridized carbons (Fsp3) is 0.556. The first kappa shape index (κ1) is 23.1. The molecule has 29 heavy (non-hydrogen) atoms. The number of alkyl halides is 3. The van der Waals surface area contributed by atoms with Crippen LogP contribution in [-0.4, -0.2) is 72.0 Å². The summed E-state index contributed by atoms with van der Waals surface area (Å²) in [5.74, 6) is -0.844. The zero-order valence-electron chi connectivity index (χ0n) is 16.0. The molecule has 1 amide bonds. The average molecular weight is 439 g/mol. The van der Waals surface area contributed by atoms with Crippen LogP contribution in [0.2, 0.25) is 5.02 Å². The van der Waals surface area contributed by atoms with E-state index in [4.69, 9.17) is 21.4 Å².